The van der Waals surface area contributed by atoms with E-state index in [2.05, 4.69) is 27.1 Å². The molecule has 5 heteroatoms. The first-order valence-corrected chi connectivity index (χ1v) is 6.77. The molecule has 1 aromatic rings. The normalized spacial score (nSPS) is 26.6. The number of rotatable bonds is 4. The van der Waals surface area contributed by atoms with Crippen LogP contribution in [0.1, 0.15) is 25.3 Å². The van der Waals surface area contributed by atoms with Gasteiger partial charge < -0.3 is 15.0 Å². The van der Waals surface area contributed by atoms with E-state index in [4.69, 9.17) is 4.74 Å². The van der Waals surface area contributed by atoms with Gasteiger partial charge in [-0.3, -0.25) is 0 Å². The average Bonchev–Trinajstić information content (AvgIpc) is 2.76. The van der Waals surface area contributed by atoms with Crippen LogP contribution in [0.3, 0.4) is 0 Å². The lowest BCUT2D eigenvalue weighted by Gasteiger charge is -2.32. The summed E-state index contributed by atoms with van der Waals surface area (Å²) in [5, 5.41) is 3.27. The standard InChI is InChI=1S/C13H20N4O/c1-2-14-5-10-6-15-13(16-7-10)17-8-11-3-4-12(9-17)18-11/h6-7,11-12,14H,2-5,8-9H2,1H3. The van der Waals surface area contributed by atoms with Gasteiger partial charge in [0.15, 0.2) is 0 Å². The molecule has 2 saturated heterocycles. The van der Waals surface area contributed by atoms with Crippen molar-refractivity contribution in [2.24, 2.45) is 0 Å². The molecule has 0 radical (unpaired) electrons. The van der Waals surface area contributed by atoms with Crippen LogP contribution in [0.15, 0.2) is 12.4 Å². The number of fused-ring (bicyclic) bond motifs is 2. The zero-order valence-corrected chi connectivity index (χ0v) is 10.8. The Kier molecular flexibility index (Phi) is 3.43. The summed E-state index contributed by atoms with van der Waals surface area (Å²) in [5.74, 6) is 0.843. The van der Waals surface area contributed by atoms with Gasteiger partial charge in [-0.15, -0.1) is 0 Å². The quantitative estimate of drug-likeness (QED) is 0.860. The molecule has 2 unspecified atom stereocenters. The molecule has 0 amide bonds. The van der Waals surface area contributed by atoms with Crippen LogP contribution >= 0.6 is 0 Å². The summed E-state index contributed by atoms with van der Waals surface area (Å²) in [6.07, 6.45) is 6.96. The molecule has 2 aliphatic rings. The summed E-state index contributed by atoms with van der Waals surface area (Å²) in [7, 11) is 0. The van der Waals surface area contributed by atoms with Crippen LogP contribution in [-0.4, -0.2) is 41.8 Å². The summed E-state index contributed by atoms with van der Waals surface area (Å²) in [6, 6.07) is 0. The van der Waals surface area contributed by atoms with E-state index in [1.54, 1.807) is 0 Å². The minimum atomic E-state index is 0.383. The van der Waals surface area contributed by atoms with E-state index >= 15 is 0 Å². The van der Waals surface area contributed by atoms with Crippen LogP contribution in [0.25, 0.3) is 0 Å². The van der Waals surface area contributed by atoms with Crippen LogP contribution in [0.5, 0.6) is 0 Å². The van der Waals surface area contributed by atoms with Crippen molar-refractivity contribution in [1.82, 2.24) is 15.3 Å². The number of nitrogens with zero attached hydrogens (tertiary/aromatic N) is 3. The molecule has 3 heterocycles. The molecule has 1 aromatic heterocycles. The van der Waals surface area contributed by atoms with Crippen LogP contribution in [0.4, 0.5) is 5.95 Å². The van der Waals surface area contributed by atoms with Crippen LogP contribution in [0, 0.1) is 0 Å². The predicted molar refractivity (Wildman–Crippen MR) is 69.5 cm³/mol. The van der Waals surface area contributed by atoms with E-state index in [1.165, 1.54) is 12.8 Å². The van der Waals surface area contributed by atoms with E-state index in [-0.39, 0.29) is 0 Å². The maximum absolute atomic E-state index is 5.82. The van der Waals surface area contributed by atoms with Crippen molar-refractivity contribution in [3.63, 3.8) is 0 Å². The summed E-state index contributed by atoms with van der Waals surface area (Å²) < 4.78 is 5.82. The molecular weight excluding hydrogens is 228 g/mol. The number of aromatic nitrogens is 2. The lowest BCUT2D eigenvalue weighted by Crippen LogP contribution is -2.43. The third-order valence-electron chi connectivity index (χ3n) is 3.60. The van der Waals surface area contributed by atoms with Crippen molar-refractivity contribution in [1.29, 1.82) is 0 Å². The molecule has 0 saturated carbocycles. The molecule has 2 bridgehead atoms. The molecule has 2 fully saturated rings. The van der Waals surface area contributed by atoms with Gasteiger partial charge >= 0.3 is 0 Å². The van der Waals surface area contributed by atoms with E-state index in [1.807, 2.05) is 12.4 Å². The lowest BCUT2D eigenvalue weighted by molar-refractivity contribution is 0.0299. The zero-order valence-electron chi connectivity index (χ0n) is 10.8. The van der Waals surface area contributed by atoms with Gasteiger partial charge in [-0.2, -0.15) is 0 Å². The number of hydrogen-bond donors (Lipinski definition) is 1. The molecule has 98 valence electrons. The van der Waals surface area contributed by atoms with Crippen LogP contribution in [-0.2, 0) is 11.3 Å². The maximum Gasteiger partial charge on any atom is 0.225 e. The maximum atomic E-state index is 5.82. The van der Waals surface area contributed by atoms with Gasteiger partial charge in [0.05, 0.1) is 12.2 Å². The molecular formula is C13H20N4O. The lowest BCUT2D eigenvalue weighted by atomic mass is 10.2. The first-order chi connectivity index (χ1) is 8.85. The van der Waals surface area contributed by atoms with Gasteiger partial charge in [0, 0.05) is 37.6 Å². The minimum absolute atomic E-state index is 0.383. The Balaban J connectivity index is 1.65. The van der Waals surface area contributed by atoms with Gasteiger partial charge in [0.2, 0.25) is 5.95 Å². The predicted octanol–water partition coefficient (Wildman–Crippen LogP) is 0.954. The zero-order chi connectivity index (χ0) is 12.4. The van der Waals surface area contributed by atoms with Gasteiger partial charge in [-0.25, -0.2) is 9.97 Å². The molecule has 0 aliphatic carbocycles. The second-order valence-electron chi connectivity index (χ2n) is 5.03. The average molecular weight is 248 g/mol. The molecule has 0 aromatic carbocycles. The topological polar surface area (TPSA) is 50.3 Å². The minimum Gasteiger partial charge on any atom is -0.371 e. The summed E-state index contributed by atoms with van der Waals surface area (Å²) in [5.41, 5.74) is 1.14. The van der Waals surface area contributed by atoms with Crippen molar-refractivity contribution >= 4 is 5.95 Å². The van der Waals surface area contributed by atoms with Crippen LogP contribution < -0.4 is 10.2 Å². The van der Waals surface area contributed by atoms with Gasteiger partial charge in [-0.1, -0.05) is 6.92 Å². The van der Waals surface area contributed by atoms with Crippen molar-refractivity contribution < 1.29 is 4.74 Å². The molecule has 18 heavy (non-hydrogen) atoms. The van der Waals surface area contributed by atoms with Crippen molar-refractivity contribution in [3.05, 3.63) is 18.0 Å². The fraction of sp³-hybridized carbons (Fsp3) is 0.692. The largest absolute Gasteiger partial charge is 0.371 e. The SMILES string of the molecule is CCNCc1cnc(N2CC3CCC(C2)O3)nc1. The molecule has 3 rings (SSSR count). The highest BCUT2D eigenvalue weighted by atomic mass is 16.5. The van der Waals surface area contributed by atoms with Crippen LogP contribution in [0.2, 0.25) is 0 Å². The number of anilines is 1. The molecule has 2 atom stereocenters. The Labute approximate surface area is 108 Å². The van der Waals surface area contributed by atoms with E-state index in [9.17, 15) is 0 Å². The smallest absolute Gasteiger partial charge is 0.225 e. The number of hydrogen-bond acceptors (Lipinski definition) is 5. The third-order valence-corrected chi connectivity index (χ3v) is 3.60. The number of morpholine rings is 1. The first-order valence-electron chi connectivity index (χ1n) is 6.77. The number of nitrogens with one attached hydrogen (secondary N) is 1. The van der Waals surface area contributed by atoms with E-state index in [0.29, 0.717) is 12.2 Å². The highest BCUT2D eigenvalue weighted by Crippen LogP contribution is 2.27. The Hall–Kier alpha value is -1.20. The summed E-state index contributed by atoms with van der Waals surface area (Å²) in [4.78, 5) is 11.2. The van der Waals surface area contributed by atoms with Crippen molar-refractivity contribution in [3.8, 4) is 0 Å². The fourth-order valence-electron chi connectivity index (χ4n) is 2.65. The third kappa shape index (κ3) is 2.47. The van der Waals surface area contributed by atoms with E-state index < -0.39 is 0 Å². The van der Waals surface area contributed by atoms with Crippen molar-refractivity contribution in [2.75, 3.05) is 24.5 Å². The van der Waals surface area contributed by atoms with Crippen molar-refractivity contribution in [2.45, 2.75) is 38.5 Å². The second kappa shape index (κ2) is 5.20. The molecule has 5 nitrogen and oxygen atoms in total. The van der Waals surface area contributed by atoms with Gasteiger partial charge in [0.25, 0.3) is 0 Å². The summed E-state index contributed by atoms with van der Waals surface area (Å²) in [6.45, 7) is 5.77. The first kappa shape index (κ1) is 11.9. The Morgan fingerprint density at radius 1 is 1.28 bits per heavy atom. The van der Waals surface area contributed by atoms with E-state index in [0.717, 1.165) is 37.7 Å². The molecule has 0 spiro atoms. The Morgan fingerprint density at radius 2 is 1.94 bits per heavy atom. The summed E-state index contributed by atoms with van der Waals surface area (Å²) >= 11 is 0. The fourth-order valence-corrected chi connectivity index (χ4v) is 2.65. The van der Waals surface area contributed by atoms with Gasteiger partial charge in [-0.05, 0) is 19.4 Å². The van der Waals surface area contributed by atoms with Gasteiger partial charge in [0.1, 0.15) is 0 Å². The monoisotopic (exact) mass is 248 g/mol. The Bertz CT molecular complexity index is 382. The highest BCUT2D eigenvalue weighted by molar-refractivity contribution is 5.32. The number of ether oxygens (including phenoxy) is 1. The molecule has 2 aliphatic heterocycles. The highest BCUT2D eigenvalue weighted by Gasteiger charge is 2.34. The Morgan fingerprint density at radius 3 is 2.56 bits per heavy atom. The molecule has 1 N–H and O–H groups in total. The second-order valence-corrected chi connectivity index (χ2v) is 5.03.